The normalized spacial score (nSPS) is 12.5. The van der Waals surface area contributed by atoms with Crippen molar-refractivity contribution in [3.8, 4) is 0 Å². The molecular weight excluding hydrogens is 312 g/mol. The topological polar surface area (TPSA) is 0 Å². The molecule has 0 saturated carbocycles. The number of hydrogen-bond donors (Lipinski definition) is 0. The molecule has 0 fully saturated rings. The van der Waals surface area contributed by atoms with Crippen molar-refractivity contribution < 1.29 is 0 Å². The first-order chi connectivity index (χ1) is 12.6. The fourth-order valence-corrected chi connectivity index (χ4v) is 3.58. The second kappa shape index (κ2) is 19.5. The average Bonchev–Trinajstić information content (AvgIpc) is 2.60. The first-order valence-electron chi connectivity index (χ1n) is 12.2. The summed E-state index contributed by atoms with van der Waals surface area (Å²) in [5, 5.41) is 0. The third kappa shape index (κ3) is 20.1. The Kier molecular flexibility index (Phi) is 19.3. The van der Waals surface area contributed by atoms with Crippen LogP contribution in [0, 0.1) is 11.8 Å². The van der Waals surface area contributed by atoms with Crippen LogP contribution >= 0.6 is 0 Å². The summed E-state index contributed by atoms with van der Waals surface area (Å²) >= 11 is 0. The monoisotopic (exact) mass is 364 g/mol. The van der Waals surface area contributed by atoms with Gasteiger partial charge in [0.15, 0.2) is 0 Å². The highest BCUT2D eigenvalue weighted by Crippen LogP contribution is 2.20. The highest BCUT2D eigenvalue weighted by molar-refractivity contribution is 5.02. The van der Waals surface area contributed by atoms with Crippen LogP contribution in [-0.2, 0) is 0 Å². The van der Waals surface area contributed by atoms with E-state index in [9.17, 15) is 0 Å². The van der Waals surface area contributed by atoms with E-state index in [1.54, 1.807) is 5.57 Å². The van der Waals surface area contributed by atoms with E-state index in [0.717, 1.165) is 11.8 Å². The summed E-state index contributed by atoms with van der Waals surface area (Å²) in [5.74, 6) is 1.64. The lowest BCUT2D eigenvalue weighted by atomic mass is 9.95. The molecule has 0 aliphatic carbocycles. The van der Waals surface area contributed by atoms with Crippen LogP contribution in [0.3, 0.4) is 0 Å². The van der Waals surface area contributed by atoms with Gasteiger partial charge in [-0.15, -0.1) is 0 Å². The molecule has 0 aromatic heterocycles. The SMILES string of the molecule is CCCCCCCCCCCCCCCC(=CCC(C)C)CCC(C)C. The van der Waals surface area contributed by atoms with Crippen molar-refractivity contribution in [1.82, 2.24) is 0 Å². The zero-order valence-corrected chi connectivity index (χ0v) is 19.3. The number of allylic oxidation sites excluding steroid dienone is 2. The first-order valence-corrected chi connectivity index (χ1v) is 12.2. The maximum Gasteiger partial charge on any atom is -0.0318 e. The van der Waals surface area contributed by atoms with Crippen molar-refractivity contribution in [2.45, 2.75) is 144 Å². The number of unbranched alkanes of at least 4 members (excludes halogenated alkanes) is 12. The summed E-state index contributed by atoms with van der Waals surface area (Å²) in [7, 11) is 0. The van der Waals surface area contributed by atoms with Crippen LogP contribution in [0.25, 0.3) is 0 Å². The van der Waals surface area contributed by atoms with Crippen molar-refractivity contribution in [3.05, 3.63) is 11.6 Å². The summed E-state index contributed by atoms with van der Waals surface area (Å²) in [6, 6.07) is 0. The van der Waals surface area contributed by atoms with E-state index >= 15 is 0 Å². The van der Waals surface area contributed by atoms with Gasteiger partial charge in [-0.3, -0.25) is 0 Å². The molecule has 0 nitrogen and oxygen atoms in total. The molecule has 0 amide bonds. The highest BCUT2D eigenvalue weighted by Gasteiger charge is 2.02. The zero-order chi connectivity index (χ0) is 19.5. The summed E-state index contributed by atoms with van der Waals surface area (Å²) in [4.78, 5) is 0. The van der Waals surface area contributed by atoms with Crippen LogP contribution in [0.4, 0.5) is 0 Å². The molecule has 0 aromatic rings. The molecule has 0 aromatic carbocycles. The van der Waals surface area contributed by atoms with Gasteiger partial charge in [-0.1, -0.05) is 123 Å². The maximum atomic E-state index is 2.56. The minimum Gasteiger partial charge on any atom is -0.0851 e. The standard InChI is InChI=1S/C26H52/c1-6-7-8-9-10-11-12-13-14-15-16-17-18-19-26(22-20-24(2)3)23-21-25(4)5/h22,24-25H,6-21,23H2,1-5H3. The molecule has 0 bridgehead atoms. The molecule has 0 rings (SSSR count). The Balaban J connectivity index is 3.55. The third-order valence-corrected chi connectivity index (χ3v) is 5.52. The van der Waals surface area contributed by atoms with Crippen LogP contribution in [-0.4, -0.2) is 0 Å². The molecular formula is C26H52. The van der Waals surface area contributed by atoms with E-state index in [4.69, 9.17) is 0 Å². The Bertz CT molecular complexity index is 297. The van der Waals surface area contributed by atoms with Gasteiger partial charge in [0, 0.05) is 0 Å². The Morgan fingerprint density at radius 1 is 0.577 bits per heavy atom. The van der Waals surface area contributed by atoms with E-state index in [2.05, 4.69) is 40.7 Å². The van der Waals surface area contributed by atoms with E-state index in [-0.39, 0.29) is 0 Å². The smallest absolute Gasteiger partial charge is 0.0318 e. The Morgan fingerprint density at radius 2 is 1.04 bits per heavy atom. The molecule has 0 heterocycles. The number of rotatable bonds is 19. The lowest BCUT2D eigenvalue weighted by Crippen LogP contribution is -1.93. The summed E-state index contributed by atoms with van der Waals surface area (Å²) < 4.78 is 0. The third-order valence-electron chi connectivity index (χ3n) is 5.52. The van der Waals surface area contributed by atoms with Crippen molar-refractivity contribution in [3.63, 3.8) is 0 Å². The van der Waals surface area contributed by atoms with Gasteiger partial charge in [0.05, 0.1) is 0 Å². The largest absolute Gasteiger partial charge is 0.0851 e. The Morgan fingerprint density at radius 3 is 1.46 bits per heavy atom. The van der Waals surface area contributed by atoms with Crippen LogP contribution in [0.15, 0.2) is 11.6 Å². The lowest BCUT2D eigenvalue weighted by Gasteiger charge is -2.11. The van der Waals surface area contributed by atoms with Gasteiger partial charge in [-0.2, -0.15) is 0 Å². The summed E-state index contributed by atoms with van der Waals surface area (Å²) in [5.41, 5.74) is 1.75. The first kappa shape index (κ1) is 25.7. The van der Waals surface area contributed by atoms with Crippen LogP contribution in [0.5, 0.6) is 0 Å². The minimum atomic E-state index is 0.802. The molecule has 0 radical (unpaired) electrons. The molecule has 0 aliphatic rings. The molecule has 0 aliphatic heterocycles. The molecule has 0 atom stereocenters. The molecule has 26 heavy (non-hydrogen) atoms. The fraction of sp³-hybridized carbons (Fsp3) is 0.923. The van der Waals surface area contributed by atoms with Gasteiger partial charge in [0.2, 0.25) is 0 Å². The molecule has 0 saturated heterocycles. The Hall–Kier alpha value is -0.260. The van der Waals surface area contributed by atoms with Crippen molar-refractivity contribution in [2.75, 3.05) is 0 Å². The van der Waals surface area contributed by atoms with Crippen molar-refractivity contribution in [2.24, 2.45) is 11.8 Å². The highest BCUT2D eigenvalue weighted by atomic mass is 14.1. The maximum absolute atomic E-state index is 2.56. The predicted molar refractivity (Wildman–Crippen MR) is 122 cm³/mol. The van der Waals surface area contributed by atoms with Crippen LogP contribution in [0.1, 0.15) is 144 Å². The van der Waals surface area contributed by atoms with Gasteiger partial charge in [0.25, 0.3) is 0 Å². The van der Waals surface area contributed by atoms with Gasteiger partial charge < -0.3 is 0 Å². The summed E-state index contributed by atoms with van der Waals surface area (Å²) in [6.45, 7) is 11.7. The van der Waals surface area contributed by atoms with Crippen molar-refractivity contribution >= 4 is 0 Å². The lowest BCUT2D eigenvalue weighted by molar-refractivity contribution is 0.534. The molecule has 0 unspecified atom stereocenters. The van der Waals surface area contributed by atoms with Crippen LogP contribution in [0.2, 0.25) is 0 Å². The second-order valence-corrected chi connectivity index (χ2v) is 9.42. The van der Waals surface area contributed by atoms with E-state index in [1.165, 1.54) is 109 Å². The minimum absolute atomic E-state index is 0.802. The van der Waals surface area contributed by atoms with Crippen LogP contribution < -0.4 is 0 Å². The van der Waals surface area contributed by atoms with Crippen molar-refractivity contribution in [1.29, 1.82) is 0 Å². The molecule has 156 valence electrons. The second-order valence-electron chi connectivity index (χ2n) is 9.42. The predicted octanol–water partition coefficient (Wildman–Crippen LogP) is 9.88. The number of hydrogen-bond acceptors (Lipinski definition) is 0. The zero-order valence-electron chi connectivity index (χ0n) is 19.3. The van der Waals surface area contributed by atoms with E-state index < -0.39 is 0 Å². The van der Waals surface area contributed by atoms with E-state index in [1.807, 2.05) is 0 Å². The molecule has 0 heteroatoms. The van der Waals surface area contributed by atoms with Gasteiger partial charge >= 0.3 is 0 Å². The van der Waals surface area contributed by atoms with Gasteiger partial charge in [-0.05, 0) is 43.9 Å². The molecule has 0 N–H and O–H groups in total. The van der Waals surface area contributed by atoms with E-state index in [0.29, 0.717) is 0 Å². The van der Waals surface area contributed by atoms with Gasteiger partial charge in [0.1, 0.15) is 0 Å². The fourth-order valence-electron chi connectivity index (χ4n) is 3.58. The summed E-state index contributed by atoms with van der Waals surface area (Å²) in [6.07, 6.45) is 26.8. The molecule has 0 spiro atoms. The average molecular weight is 365 g/mol. The quantitative estimate of drug-likeness (QED) is 0.158. The Labute approximate surface area is 167 Å². The van der Waals surface area contributed by atoms with Gasteiger partial charge in [-0.25, -0.2) is 0 Å².